The van der Waals surface area contributed by atoms with E-state index in [0.29, 0.717) is 11.1 Å². The fourth-order valence-electron chi connectivity index (χ4n) is 2.33. The number of hydrogen-bond donors (Lipinski definition) is 0. The van der Waals surface area contributed by atoms with Crippen molar-refractivity contribution >= 4 is 17.7 Å². The molecule has 0 aromatic heterocycles. The van der Waals surface area contributed by atoms with Crippen molar-refractivity contribution in [2.24, 2.45) is 0 Å². The summed E-state index contributed by atoms with van der Waals surface area (Å²) in [5.41, 5.74) is 1.45. The fourth-order valence-corrected chi connectivity index (χ4v) is 2.33. The molecule has 6 nitrogen and oxygen atoms in total. The fraction of sp³-hybridized carbons (Fsp3) is 0. The van der Waals surface area contributed by atoms with E-state index in [1.54, 1.807) is 0 Å². The second-order valence-electron chi connectivity index (χ2n) is 4.42. The minimum atomic E-state index is -1.37. The Bertz CT molecular complexity index is 735. The first-order valence-electron chi connectivity index (χ1n) is 5.75. The van der Waals surface area contributed by atoms with Crippen LogP contribution in [0.25, 0.3) is 11.1 Å². The third-order valence-corrected chi connectivity index (χ3v) is 3.29. The molecule has 2 aromatic carbocycles. The number of benzene rings is 2. The van der Waals surface area contributed by atoms with Gasteiger partial charge in [-0.15, -0.1) is 0 Å². The van der Waals surface area contributed by atoms with E-state index in [2.05, 4.69) is 0 Å². The molecule has 0 saturated heterocycles. The van der Waals surface area contributed by atoms with Crippen LogP contribution in [0.1, 0.15) is 36.6 Å². The summed E-state index contributed by atoms with van der Waals surface area (Å²) < 4.78 is 0. The number of carbonyl (C=O) groups is 3. The van der Waals surface area contributed by atoms with E-state index in [1.165, 1.54) is 36.4 Å². The number of carboxylic acid groups (broad SMARTS) is 2. The Morgan fingerprint density at radius 3 is 1.35 bits per heavy atom. The molecule has 8 heteroatoms. The van der Waals surface area contributed by atoms with Crippen molar-refractivity contribution in [2.75, 3.05) is 0 Å². The van der Waals surface area contributed by atoms with Gasteiger partial charge in [-0.25, -0.2) is 0 Å². The normalized spacial score (nSPS) is 10.3. The van der Waals surface area contributed by atoms with Crippen molar-refractivity contribution in [3.63, 3.8) is 0 Å². The number of aromatic carboxylic acids is 2. The van der Waals surface area contributed by atoms with Crippen molar-refractivity contribution in [2.45, 2.75) is 0 Å². The molecule has 1 aliphatic rings. The Balaban J connectivity index is 0.00000161. The van der Waals surface area contributed by atoms with Crippen molar-refractivity contribution < 1.29 is 89.2 Å². The van der Waals surface area contributed by atoms with Crippen LogP contribution in [0.5, 0.6) is 0 Å². The van der Waals surface area contributed by atoms with Crippen molar-refractivity contribution in [3.8, 4) is 11.1 Å². The van der Waals surface area contributed by atoms with E-state index in [9.17, 15) is 24.6 Å². The topological polar surface area (TPSA) is 129 Å². The molecule has 0 spiro atoms. The largest absolute Gasteiger partial charge is 1.00 e. The van der Waals surface area contributed by atoms with Crippen molar-refractivity contribution in [1.29, 1.82) is 0 Å². The maximum Gasteiger partial charge on any atom is 1.00 e. The molecule has 0 radical (unpaired) electrons. The molecule has 0 unspecified atom stereocenters. The summed E-state index contributed by atoms with van der Waals surface area (Å²) in [6.45, 7) is 0. The summed E-state index contributed by atoms with van der Waals surface area (Å²) in [6.07, 6.45) is 0. The molecule has 2 N–H and O–H groups in total. The molecule has 0 saturated carbocycles. The van der Waals surface area contributed by atoms with Crippen molar-refractivity contribution in [3.05, 3.63) is 58.7 Å². The summed E-state index contributed by atoms with van der Waals surface area (Å²) in [7, 11) is 0. The quantitative estimate of drug-likeness (QED) is 0.431. The minimum Gasteiger partial charge on any atom is -0.545 e. The number of rotatable bonds is 2. The first kappa shape index (κ1) is 22.0. The molecular formula is C15H8Na2O6. The van der Waals surface area contributed by atoms with E-state index < -0.39 is 17.7 Å². The predicted molar refractivity (Wildman–Crippen MR) is 67.6 cm³/mol. The van der Waals surface area contributed by atoms with Gasteiger partial charge in [-0.3, -0.25) is 4.79 Å². The molecule has 0 aliphatic heterocycles. The summed E-state index contributed by atoms with van der Waals surface area (Å²) in [5.74, 6) is -3.14. The third kappa shape index (κ3) is 3.75. The van der Waals surface area contributed by atoms with Gasteiger partial charge in [0.2, 0.25) is 0 Å². The van der Waals surface area contributed by atoms with E-state index in [1.807, 2.05) is 0 Å². The molecule has 0 bridgehead atoms. The van der Waals surface area contributed by atoms with Crippen LogP contribution in [0.4, 0.5) is 0 Å². The van der Waals surface area contributed by atoms with Gasteiger partial charge in [-0.1, -0.05) is 24.3 Å². The Morgan fingerprint density at radius 1 is 0.696 bits per heavy atom. The molecule has 23 heavy (non-hydrogen) atoms. The smallest absolute Gasteiger partial charge is 0.545 e. The Labute approximate surface area is 175 Å². The van der Waals surface area contributed by atoms with Gasteiger partial charge >= 0.3 is 59.1 Å². The Morgan fingerprint density at radius 2 is 1.04 bits per heavy atom. The molecule has 0 atom stereocenters. The summed E-state index contributed by atoms with van der Waals surface area (Å²) in [6, 6.07) is 8.22. The second-order valence-corrected chi connectivity index (χ2v) is 4.42. The zero-order chi connectivity index (χ0) is 14.4. The summed E-state index contributed by atoms with van der Waals surface area (Å²) >= 11 is 0. The molecule has 0 fully saturated rings. The van der Waals surface area contributed by atoms with Crippen LogP contribution in [-0.2, 0) is 0 Å². The molecule has 0 heterocycles. The summed E-state index contributed by atoms with van der Waals surface area (Å²) in [4.78, 5) is 33.8. The maximum atomic E-state index is 12.2. The van der Waals surface area contributed by atoms with Crippen LogP contribution in [0.15, 0.2) is 36.4 Å². The minimum absolute atomic E-state index is 0. The monoisotopic (exact) mass is 330 g/mol. The zero-order valence-corrected chi connectivity index (χ0v) is 16.5. The molecular weight excluding hydrogens is 322 g/mol. The predicted octanol–water partition coefficient (Wildman–Crippen LogP) is -7.19. The number of hydrogen-bond acceptors (Lipinski definition) is 5. The van der Waals surface area contributed by atoms with E-state index in [0.717, 1.165) is 0 Å². The van der Waals surface area contributed by atoms with Gasteiger partial charge in [0.15, 0.2) is 5.78 Å². The average molecular weight is 330 g/mol. The van der Waals surface area contributed by atoms with Gasteiger partial charge in [0.1, 0.15) is 0 Å². The van der Waals surface area contributed by atoms with Gasteiger partial charge in [-0.05, 0) is 34.4 Å². The number of fused-ring (bicyclic) bond motifs is 3. The van der Waals surface area contributed by atoms with Gasteiger partial charge in [0.25, 0.3) is 0 Å². The SMILES string of the molecule is O.O=C([O-])c1ccc2c(c1)C(=O)c1cc(C(=O)[O-])ccc1-2.[Na+].[Na+]. The van der Waals surface area contributed by atoms with Crippen LogP contribution in [0.2, 0.25) is 0 Å². The molecule has 0 amide bonds. The van der Waals surface area contributed by atoms with Crippen LogP contribution in [0, 0.1) is 0 Å². The Kier molecular flexibility index (Phi) is 7.86. The maximum absolute atomic E-state index is 12.2. The average Bonchev–Trinajstić information content (AvgIpc) is 2.71. The number of carboxylic acids is 2. The summed E-state index contributed by atoms with van der Waals surface area (Å²) in [5, 5.41) is 21.6. The first-order valence-corrected chi connectivity index (χ1v) is 5.75. The molecule has 2 aromatic rings. The molecule has 106 valence electrons. The van der Waals surface area contributed by atoms with Gasteiger partial charge in [-0.2, -0.15) is 0 Å². The number of carbonyl (C=O) groups excluding carboxylic acids is 3. The zero-order valence-electron chi connectivity index (χ0n) is 12.5. The van der Waals surface area contributed by atoms with Gasteiger partial charge in [0, 0.05) is 11.1 Å². The van der Waals surface area contributed by atoms with Crippen LogP contribution >= 0.6 is 0 Å². The van der Waals surface area contributed by atoms with E-state index in [4.69, 9.17) is 0 Å². The third-order valence-electron chi connectivity index (χ3n) is 3.29. The van der Waals surface area contributed by atoms with E-state index >= 15 is 0 Å². The van der Waals surface area contributed by atoms with Crippen LogP contribution < -0.4 is 69.3 Å². The number of ketones is 1. The van der Waals surface area contributed by atoms with Crippen LogP contribution in [-0.4, -0.2) is 23.2 Å². The van der Waals surface area contributed by atoms with Gasteiger partial charge in [0.05, 0.1) is 11.9 Å². The van der Waals surface area contributed by atoms with Crippen LogP contribution in [0.3, 0.4) is 0 Å². The second kappa shape index (κ2) is 8.21. The van der Waals surface area contributed by atoms with Crippen molar-refractivity contribution in [1.82, 2.24) is 0 Å². The van der Waals surface area contributed by atoms with E-state index in [-0.39, 0.29) is 86.8 Å². The first-order chi connectivity index (χ1) is 9.49. The molecule has 3 rings (SSSR count). The Hall–Kier alpha value is -0.990. The van der Waals surface area contributed by atoms with Gasteiger partial charge < -0.3 is 25.3 Å². The standard InChI is InChI=1S/C15H8O5.2Na.H2O/c16-13-11-5-7(14(17)18)1-3-9(11)10-4-2-8(15(19)20)6-12(10)13;;;/h1-6H,(H,17,18)(H,19,20);;;1H2/q;2*+1;/p-2. The molecule has 1 aliphatic carbocycles.